The molecule has 0 saturated heterocycles. The van der Waals surface area contributed by atoms with E-state index in [2.05, 4.69) is 0 Å². The number of carbonyl (C=O) groups is 2. The fourth-order valence-corrected chi connectivity index (χ4v) is 4.67. The van der Waals surface area contributed by atoms with E-state index in [0.717, 1.165) is 16.2 Å². The Kier molecular flexibility index (Phi) is 8.91. The fourth-order valence-electron chi connectivity index (χ4n) is 3.95. The molecule has 1 aliphatic rings. The second-order valence-electron chi connectivity index (χ2n) is 9.64. The summed E-state index contributed by atoms with van der Waals surface area (Å²) in [5, 5.41) is 8.23. The largest absolute Gasteiger partial charge is 0.493 e. The number of hydrazone groups is 1. The van der Waals surface area contributed by atoms with Crippen molar-refractivity contribution in [3.63, 3.8) is 0 Å². The third-order valence-electron chi connectivity index (χ3n) is 5.69. The summed E-state index contributed by atoms with van der Waals surface area (Å²) in [5.41, 5.74) is 1.54. The van der Waals surface area contributed by atoms with Gasteiger partial charge in [-0.15, -0.1) is 11.3 Å². The number of carbonyl (C=O) groups excluding carboxylic acids is 2. The fraction of sp³-hybridized carbons (Fsp3) is 0.500. The topological polar surface area (TPSA) is 80.7 Å². The highest BCUT2D eigenvalue weighted by Gasteiger charge is 2.35. The first kappa shape index (κ1) is 26.7. The predicted molar refractivity (Wildman–Crippen MR) is 137 cm³/mol. The summed E-state index contributed by atoms with van der Waals surface area (Å²) in [5.74, 6) is 0.885. The van der Waals surface area contributed by atoms with Crippen LogP contribution in [0.5, 0.6) is 11.5 Å². The van der Waals surface area contributed by atoms with Gasteiger partial charge in [-0.25, -0.2) is 5.01 Å². The molecule has 0 radical (unpaired) electrons. The Bertz CT molecular complexity index is 1050. The van der Waals surface area contributed by atoms with E-state index in [1.165, 1.54) is 5.01 Å². The van der Waals surface area contributed by atoms with Gasteiger partial charge in [0.2, 0.25) is 5.91 Å². The number of amides is 2. The Hall–Kier alpha value is -2.91. The second kappa shape index (κ2) is 11.7. The first-order valence-corrected chi connectivity index (χ1v) is 12.5. The molecule has 0 aliphatic carbocycles. The molecule has 0 fully saturated rings. The minimum atomic E-state index is -0.318. The van der Waals surface area contributed by atoms with Crippen LogP contribution >= 0.6 is 11.3 Å². The maximum absolute atomic E-state index is 13.6. The Morgan fingerprint density at radius 3 is 2.49 bits per heavy atom. The van der Waals surface area contributed by atoms with Crippen LogP contribution in [-0.4, -0.2) is 68.5 Å². The molecular weight excluding hydrogens is 466 g/mol. The summed E-state index contributed by atoms with van der Waals surface area (Å²) >= 11 is 1.59. The Labute approximate surface area is 211 Å². The Balaban J connectivity index is 1.90. The average Bonchev–Trinajstić information content (AvgIpc) is 3.50. The average molecular weight is 502 g/mol. The molecule has 190 valence electrons. The number of methoxy groups -OCH3 is 3. The smallest absolute Gasteiger partial charge is 0.262 e. The third-order valence-corrected chi connectivity index (χ3v) is 6.61. The maximum Gasteiger partial charge on any atom is 0.262 e. The molecule has 8 nitrogen and oxygen atoms in total. The molecular formula is C26H35N3O5S. The molecule has 1 atom stereocenters. The summed E-state index contributed by atoms with van der Waals surface area (Å²) in [6.07, 6.45) is 0.905. The zero-order valence-corrected chi connectivity index (χ0v) is 22.2. The van der Waals surface area contributed by atoms with E-state index < -0.39 is 0 Å². The van der Waals surface area contributed by atoms with Crippen LogP contribution in [-0.2, 0) is 14.3 Å². The van der Waals surface area contributed by atoms with E-state index in [0.29, 0.717) is 37.5 Å². The number of thiophene rings is 1. The SMILES string of the molecule is COCCN(CC(=O)N1N=C(c2cccs2)CC1c1ccc(OC)c(OC)c1)C(=O)CC(C)(C)C. The van der Waals surface area contributed by atoms with Gasteiger partial charge in [-0.2, -0.15) is 5.10 Å². The lowest BCUT2D eigenvalue weighted by atomic mass is 9.91. The summed E-state index contributed by atoms with van der Waals surface area (Å²) in [6.45, 7) is 6.65. The van der Waals surface area contributed by atoms with Crippen LogP contribution in [0.15, 0.2) is 40.8 Å². The molecule has 2 amide bonds. The third kappa shape index (κ3) is 6.82. The standard InChI is InChI=1S/C26H35N3O5S/c1-26(2,3)16-24(30)28(11-12-32-4)17-25(31)29-20(15-19(27-29)23-8-7-13-35-23)18-9-10-21(33-5)22(14-18)34-6/h7-10,13-14,20H,11-12,15-17H2,1-6H3. The van der Waals surface area contributed by atoms with Gasteiger partial charge in [0.15, 0.2) is 11.5 Å². The molecule has 0 saturated carbocycles. The highest BCUT2D eigenvalue weighted by molar-refractivity contribution is 7.12. The zero-order valence-electron chi connectivity index (χ0n) is 21.4. The predicted octanol–water partition coefficient (Wildman–Crippen LogP) is 4.35. The van der Waals surface area contributed by atoms with Crippen LogP contribution in [0.1, 0.15) is 50.1 Å². The highest BCUT2D eigenvalue weighted by Crippen LogP contribution is 2.38. The van der Waals surface area contributed by atoms with Gasteiger partial charge in [0.25, 0.3) is 5.91 Å². The van der Waals surface area contributed by atoms with Crippen LogP contribution < -0.4 is 9.47 Å². The Morgan fingerprint density at radius 2 is 1.89 bits per heavy atom. The lowest BCUT2D eigenvalue weighted by Crippen LogP contribution is -2.43. The van der Waals surface area contributed by atoms with Gasteiger partial charge in [0, 0.05) is 26.5 Å². The lowest BCUT2D eigenvalue weighted by molar-refractivity contribution is -0.143. The molecule has 3 rings (SSSR count). The van der Waals surface area contributed by atoms with Crippen molar-refractivity contribution in [1.29, 1.82) is 0 Å². The van der Waals surface area contributed by atoms with E-state index in [9.17, 15) is 9.59 Å². The Morgan fingerprint density at radius 1 is 1.14 bits per heavy atom. The van der Waals surface area contributed by atoms with Gasteiger partial charge < -0.3 is 19.1 Å². The van der Waals surface area contributed by atoms with Gasteiger partial charge in [0.1, 0.15) is 6.54 Å². The monoisotopic (exact) mass is 501 g/mol. The normalized spacial score (nSPS) is 15.7. The summed E-state index contributed by atoms with van der Waals surface area (Å²) in [6, 6.07) is 9.28. The number of ether oxygens (including phenoxy) is 3. The van der Waals surface area contributed by atoms with Crippen molar-refractivity contribution in [3.05, 3.63) is 46.2 Å². The number of hydrogen-bond donors (Lipinski definition) is 0. The van der Waals surface area contributed by atoms with Gasteiger partial charge >= 0.3 is 0 Å². The van der Waals surface area contributed by atoms with Crippen molar-refractivity contribution in [2.75, 3.05) is 41.0 Å². The highest BCUT2D eigenvalue weighted by atomic mass is 32.1. The van der Waals surface area contributed by atoms with Gasteiger partial charge in [-0.1, -0.05) is 32.9 Å². The first-order valence-electron chi connectivity index (χ1n) is 11.6. The number of rotatable bonds is 10. The molecule has 0 N–H and O–H groups in total. The van der Waals surface area contributed by atoms with Crippen molar-refractivity contribution >= 4 is 28.9 Å². The molecule has 2 aromatic rings. The molecule has 1 aromatic carbocycles. The van der Waals surface area contributed by atoms with Gasteiger partial charge in [-0.05, 0) is 34.6 Å². The quantitative estimate of drug-likeness (QED) is 0.483. The summed E-state index contributed by atoms with van der Waals surface area (Å²) in [7, 11) is 4.75. The molecule has 2 heterocycles. The van der Waals surface area contributed by atoms with E-state index in [4.69, 9.17) is 19.3 Å². The van der Waals surface area contributed by atoms with Crippen LogP contribution in [0.3, 0.4) is 0 Å². The minimum Gasteiger partial charge on any atom is -0.493 e. The number of benzene rings is 1. The van der Waals surface area contributed by atoms with Gasteiger partial charge in [-0.3, -0.25) is 9.59 Å². The van der Waals surface area contributed by atoms with Crippen molar-refractivity contribution in [2.45, 2.75) is 39.7 Å². The molecule has 1 aliphatic heterocycles. The lowest BCUT2D eigenvalue weighted by Gasteiger charge is -2.29. The van der Waals surface area contributed by atoms with Crippen molar-refractivity contribution in [3.8, 4) is 11.5 Å². The van der Waals surface area contributed by atoms with Crippen molar-refractivity contribution in [2.24, 2.45) is 10.5 Å². The van der Waals surface area contributed by atoms with E-state index in [1.807, 2.05) is 56.5 Å². The van der Waals surface area contributed by atoms with E-state index in [1.54, 1.807) is 37.6 Å². The zero-order chi connectivity index (χ0) is 25.6. The van der Waals surface area contributed by atoms with Crippen molar-refractivity contribution < 1.29 is 23.8 Å². The van der Waals surface area contributed by atoms with Crippen LogP contribution in [0.2, 0.25) is 0 Å². The minimum absolute atomic E-state index is 0.0662. The molecule has 1 aromatic heterocycles. The van der Waals surface area contributed by atoms with Crippen LogP contribution in [0, 0.1) is 5.41 Å². The molecule has 0 spiro atoms. The van der Waals surface area contributed by atoms with E-state index >= 15 is 0 Å². The molecule has 9 heteroatoms. The summed E-state index contributed by atoms with van der Waals surface area (Å²) < 4.78 is 16.1. The number of hydrogen-bond acceptors (Lipinski definition) is 7. The second-order valence-corrected chi connectivity index (χ2v) is 10.6. The van der Waals surface area contributed by atoms with Crippen molar-refractivity contribution in [1.82, 2.24) is 9.91 Å². The number of nitrogens with zero attached hydrogens (tertiary/aromatic N) is 3. The van der Waals surface area contributed by atoms with Crippen LogP contribution in [0.4, 0.5) is 0 Å². The van der Waals surface area contributed by atoms with Gasteiger partial charge in [0.05, 0.1) is 37.5 Å². The summed E-state index contributed by atoms with van der Waals surface area (Å²) in [4.78, 5) is 29.2. The molecule has 35 heavy (non-hydrogen) atoms. The maximum atomic E-state index is 13.6. The molecule has 1 unspecified atom stereocenters. The molecule has 0 bridgehead atoms. The van der Waals surface area contributed by atoms with Crippen LogP contribution in [0.25, 0.3) is 0 Å². The van der Waals surface area contributed by atoms with E-state index in [-0.39, 0.29) is 29.8 Å². The first-order chi connectivity index (χ1) is 16.7.